The molecule has 0 saturated heterocycles. The van der Waals surface area contributed by atoms with Gasteiger partial charge in [-0.25, -0.2) is 8.78 Å². The summed E-state index contributed by atoms with van der Waals surface area (Å²) in [6.45, 7) is 0. The maximum absolute atomic E-state index is 13.7. The van der Waals surface area contributed by atoms with Crippen LogP contribution in [0.2, 0.25) is 0 Å². The maximum atomic E-state index is 13.7. The molecule has 0 radical (unpaired) electrons. The number of alkyl halides is 3. The number of nitrogens with zero attached hydrogens (tertiary/aromatic N) is 2. The van der Waals surface area contributed by atoms with Gasteiger partial charge < -0.3 is 5.32 Å². The van der Waals surface area contributed by atoms with Crippen LogP contribution in [0.4, 0.5) is 27.6 Å². The minimum Gasteiger partial charge on any atom is -0.325 e. The van der Waals surface area contributed by atoms with E-state index < -0.39 is 35.8 Å². The first kappa shape index (κ1) is 19.5. The van der Waals surface area contributed by atoms with Crippen molar-refractivity contribution in [3.63, 3.8) is 0 Å². The summed E-state index contributed by atoms with van der Waals surface area (Å²) >= 11 is 0. The predicted octanol–water partition coefficient (Wildman–Crippen LogP) is 4.57. The lowest BCUT2D eigenvalue weighted by atomic mass is 10.0. The van der Waals surface area contributed by atoms with Crippen LogP contribution < -0.4 is 5.32 Å². The number of amides is 1. The minimum atomic E-state index is -4.70. The van der Waals surface area contributed by atoms with Crippen molar-refractivity contribution in [2.24, 2.45) is 7.05 Å². The number of anilines is 1. The molecule has 9 heteroatoms. The smallest absolute Gasteiger partial charge is 0.325 e. The molecular formula is C19H14F5N3O. The molecule has 2 aromatic carbocycles. The third kappa shape index (κ3) is 4.36. The molecule has 1 N–H and O–H groups in total. The van der Waals surface area contributed by atoms with Crippen LogP contribution in [0.1, 0.15) is 11.3 Å². The molecule has 0 fully saturated rings. The van der Waals surface area contributed by atoms with Gasteiger partial charge in [0.25, 0.3) is 0 Å². The van der Waals surface area contributed by atoms with Crippen LogP contribution in [0, 0.1) is 11.6 Å². The highest BCUT2D eigenvalue weighted by molar-refractivity contribution is 5.96. The second kappa shape index (κ2) is 7.41. The molecule has 0 aliphatic carbocycles. The summed E-state index contributed by atoms with van der Waals surface area (Å²) in [5.74, 6) is -1.88. The van der Waals surface area contributed by atoms with Crippen LogP contribution in [0.25, 0.3) is 11.1 Å². The van der Waals surface area contributed by atoms with Gasteiger partial charge in [-0.2, -0.15) is 18.3 Å². The van der Waals surface area contributed by atoms with E-state index in [1.165, 1.54) is 37.4 Å². The summed E-state index contributed by atoms with van der Waals surface area (Å²) in [4.78, 5) is 12.3. The number of halogens is 5. The molecular weight excluding hydrogens is 381 g/mol. The SMILES string of the molecule is Cn1cc(CC(=O)Nc2cc(F)ccc2-c2ccc(F)cc2)c(C(F)(F)F)n1. The van der Waals surface area contributed by atoms with Crippen LogP contribution in [0.15, 0.2) is 48.7 Å². The number of hydrogen-bond donors (Lipinski definition) is 1. The Bertz CT molecular complexity index is 1010. The highest BCUT2D eigenvalue weighted by Crippen LogP contribution is 2.32. The van der Waals surface area contributed by atoms with E-state index in [1.54, 1.807) is 0 Å². The molecule has 1 aromatic heterocycles. The Kier molecular flexibility index (Phi) is 5.17. The average molecular weight is 395 g/mol. The van der Waals surface area contributed by atoms with Gasteiger partial charge >= 0.3 is 6.18 Å². The molecule has 4 nitrogen and oxygen atoms in total. The zero-order chi connectivity index (χ0) is 20.5. The third-order valence-electron chi connectivity index (χ3n) is 3.94. The van der Waals surface area contributed by atoms with E-state index in [1.807, 2.05) is 0 Å². The lowest BCUT2D eigenvalue weighted by Crippen LogP contribution is -2.18. The van der Waals surface area contributed by atoms with Gasteiger partial charge in [-0.15, -0.1) is 0 Å². The van der Waals surface area contributed by atoms with E-state index in [9.17, 15) is 26.7 Å². The standard InChI is InChI=1S/C19H14F5N3O/c1-27-10-12(18(26-27)19(22,23)24)8-17(28)25-16-9-14(21)6-7-15(16)11-2-4-13(20)5-3-11/h2-7,9-10H,8H2,1H3,(H,25,28). The van der Waals surface area contributed by atoms with Crippen LogP contribution in [-0.2, 0) is 24.4 Å². The zero-order valence-corrected chi connectivity index (χ0v) is 14.5. The summed E-state index contributed by atoms with van der Waals surface area (Å²) in [6.07, 6.45) is -4.19. The summed E-state index contributed by atoms with van der Waals surface area (Å²) in [5.41, 5.74) is -0.476. The van der Waals surface area contributed by atoms with Gasteiger partial charge in [-0.1, -0.05) is 12.1 Å². The van der Waals surface area contributed by atoms with E-state index in [4.69, 9.17) is 0 Å². The average Bonchev–Trinajstić information content (AvgIpc) is 2.96. The highest BCUT2D eigenvalue weighted by Gasteiger charge is 2.37. The molecule has 0 aliphatic rings. The van der Waals surface area contributed by atoms with Crippen molar-refractivity contribution in [2.45, 2.75) is 12.6 Å². The lowest BCUT2D eigenvalue weighted by molar-refractivity contribution is -0.142. The molecule has 0 spiro atoms. The molecule has 146 valence electrons. The quantitative estimate of drug-likeness (QED) is 0.658. The van der Waals surface area contributed by atoms with E-state index in [0.717, 1.165) is 23.0 Å². The van der Waals surface area contributed by atoms with Gasteiger partial charge in [0.15, 0.2) is 5.69 Å². The molecule has 3 rings (SSSR count). The molecule has 28 heavy (non-hydrogen) atoms. The van der Waals surface area contributed by atoms with Gasteiger partial charge in [0.2, 0.25) is 5.91 Å². The van der Waals surface area contributed by atoms with Gasteiger partial charge in [0, 0.05) is 24.4 Å². The van der Waals surface area contributed by atoms with Crippen molar-refractivity contribution in [3.05, 3.63) is 71.6 Å². The molecule has 3 aromatic rings. The van der Waals surface area contributed by atoms with Crippen molar-refractivity contribution in [1.29, 1.82) is 0 Å². The number of nitrogens with one attached hydrogen (secondary N) is 1. The Balaban J connectivity index is 1.87. The summed E-state index contributed by atoms with van der Waals surface area (Å²) in [5, 5.41) is 5.77. The van der Waals surface area contributed by atoms with Crippen LogP contribution >= 0.6 is 0 Å². The maximum Gasteiger partial charge on any atom is 0.435 e. The van der Waals surface area contributed by atoms with Crippen LogP contribution in [0.3, 0.4) is 0 Å². The minimum absolute atomic E-state index is 0.0639. The first-order valence-corrected chi connectivity index (χ1v) is 8.08. The fourth-order valence-corrected chi connectivity index (χ4v) is 2.77. The molecule has 1 heterocycles. The molecule has 0 aliphatic heterocycles. The Labute approximate surface area is 156 Å². The molecule has 0 bridgehead atoms. The number of rotatable bonds is 4. The number of hydrogen-bond acceptors (Lipinski definition) is 2. The Morgan fingerprint density at radius 3 is 2.36 bits per heavy atom. The Hall–Kier alpha value is -3.23. The van der Waals surface area contributed by atoms with Crippen molar-refractivity contribution >= 4 is 11.6 Å². The second-order valence-corrected chi connectivity index (χ2v) is 6.10. The second-order valence-electron chi connectivity index (χ2n) is 6.10. The van der Waals surface area contributed by atoms with Gasteiger partial charge in [0.05, 0.1) is 12.1 Å². The Morgan fingerprint density at radius 1 is 1.07 bits per heavy atom. The number of aromatic nitrogens is 2. The fraction of sp³-hybridized carbons (Fsp3) is 0.158. The topological polar surface area (TPSA) is 46.9 Å². The number of carbonyl (C=O) groups is 1. The largest absolute Gasteiger partial charge is 0.435 e. The van der Waals surface area contributed by atoms with E-state index >= 15 is 0 Å². The first-order valence-electron chi connectivity index (χ1n) is 8.08. The fourth-order valence-electron chi connectivity index (χ4n) is 2.77. The third-order valence-corrected chi connectivity index (χ3v) is 3.94. The molecule has 0 unspecified atom stereocenters. The van der Waals surface area contributed by atoms with Crippen LogP contribution in [0.5, 0.6) is 0 Å². The van der Waals surface area contributed by atoms with Crippen molar-refractivity contribution in [1.82, 2.24) is 9.78 Å². The highest BCUT2D eigenvalue weighted by atomic mass is 19.4. The molecule has 0 atom stereocenters. The number of aryl methyl sites for hydroxylation is 1. The van der Waals surface area contributed by atoms with Crippen molar-refractivity contribution in [3.8, 4) is 11.1 Å². The van der Waals surface area contributed by atoms with E-state index in [-0.39, 0.29) is 11.3 Å². The number of benzene rings is 2. The zero-order valence-electron chi connectivity index (χ0n) is 14.5. The van der Waals surface area contributed by atoms with Gasteiger partial charge in [-0.3, -0.25) is 9.48 Å². The van der Waals surface area contributed by atoms with Crippen molar-refractivity contribution in [2.75, 3.05) is 5.32 Å². The van der Waals surface area contributed by atoms with Crippen molar-refractivity contribution < 1.29 is 26.7 Å². The van der Waals surface area contributed by atoms with Crippen LogP contribution in [-0.4, -0.2) is 15.7 Å². The predicted molar refractivity (Wildman–Crippen MR) is 92.3 cm³/mol. The summed E-state index contributed by atoms with van der Waals surface area (Å²) in [7, 11) is 1.32. The Morgan fingerprint density at radius 2 is 1.71 bits per heavy atom. The van der Waals surface area contributed by atoms with E-state index in [2.05, 4.69) is 10.4 Å². The summed E-state index contributed by atoms with van der Waals surface area (Å²) < 4.78 is 66.8. The lowest BCUT2D eigenvalue weighted by Gasteiger charge is -2.12. The normalized spacial score (nSPS) is 11.5. The monoisotopic (exact) mass is 395 g/mol. The van der Waals surface area contributed by atoms with Gasteiger partial charge in [-0.05, 0) is 35.9 Å². The summed E-state index contributed by atoms with van der Waals surface area (Å²) in [6, 6.07) is 8.90. The van der Waals surface area contributed by atoms with Gasteiger partial charge in [0.1, 0.15) is 11.6 Å². The van der Waals surface area contributed by atoms with E-state index in [0.29, 0.717) is 11.1 Å². The molecule has 0 saturated carbocycles. The molecule has 1 amide bonds. The first-order chi connectivity index (χ1) is 13.1. The number of carbonyl (C=O) groups excluding carboxylic acids is 1.